The lowest BCUT2D eigenvalue weighted by Gasteiger charge is -2.28. The van der Waals surface area contributed by atoms with E-state index in [1.54, 1.807) is 24.5 Å². The highest BCUT2D eigenvalue weighted by atomic mass is 35.5. The number of halogens is 1. The lowest BCUT2D eigenvalue weighted by molar-refractivity contribution is 0.602. The van der Waals surface area contributed by atoms with Crippen molar-refractivity contribution in [3.63, 3.8) is 0 Å². The monoisotopic (exact) mass is 271 g/mol. The Balaban J connectivity index is 2.36. The van der Waals surface area contributed by atoms with E-state index in [4.69, 9.17) is 11.6 Å². The van der Waals surface area contributed by atoms with E-state index in [0.29, 0.717) is 11.4 Å². The van der Waals surface area contributed by atoms with Gasteiger partial charge in [-0.15, -0.1) is 0 Å². The predicted octanol–water partition coefficient (Wildman–Crippen LogP) is 3.98. The first-order valence-corrected chi connectivity index (χ1v) is 6.43. The number of anilines is 1. The van der Waals surface area contributed by atoms with E-state index in [-0.39, 0.29) is 0 Å². The van der Waals surface area contributed by atoms with Gasteiger partial charge in [0, 0.05) is 28.7 Å². The molecule has 0 saturated heterocycles. The van der Waals surface area contributed by atoms with Crippen molar-refractivity contribution in [1.82, 2.24) is 4.98 Å². The van der Waals surface area contributed by atoms with E-state index >= 15 is 0 Å². The lowest BCUT2D eigenvalue weighted by atomic mass is 9.89. The average molecular weight is 272 g/mol. The first kappa shape index (κ1) is 13.4. The van der Waals surface area contributed by atoms with Crippen LogP contribution in [0.4, 0.5) is 5.69 Å². The van der Waals surface area contributed by atoms with Crippen LogP contribution in [0.1, 0.15) is 18.9 Å². The molecule has 0 spiro atoms. The Labute approximate surface area is 117 Å². The van der Waals surface area contributed by atoms with Crippen LogP contribution in [0.5, 0.6) is 0 Å². The molecule has 0 aliphatic rings. The molecule has 3 nitrogen and oxygen atoms in total. The third kappa shape index (κ3) is 2.86. The van der Waals surface area contributed by atoms with Crippen LogP contribution in [0.2, 0.25) is 5.02 Å². The SMILES string of the molecule is CCC(C#N)(Nc1ccc(Cl)cc1)c1cccnc1. The van der Waals surface area contributed by atoms with Gasteiger partial charge in [0.05, 0.1) is 6.07 Å². The molecular formula is C15H14ClN3. The van der Waals surface area contributed by atoms with Crippen LogP contribution in [0.25, 0.3) is 0 Å². The van der Waals surface area contributed by atoms with E-state index < -0.39 is 5.54 Å². The van der Waals surface area contributed by atoms with Crippen LogP contribution in [0.15, 0.2) is 48.8 Å². The van der Waals surface area contributed by atoms with Crippen molar-refractivity contribution in [2.24, 2.45) is 0 Å². The summed E-state index contributed by atoms with van der Waals surface area (Å²) >= 11 is 5.86. The highest BCUT2D eigenvalue weighted by molar-refractivity contribution is 6.30. The van der Waals surface area contributed by atoms with Gasteiger partial charge in [-0.25, -0.2) is 0 Å². The molecule has 0 radical (unpaired) electrons. The number of nitrogens with one attached hydrogen (secondary N) is 1. The highest BCUT2D eigenvalue weighted by Gasteiger charge is 2.30. The largest absolute Gasteiger partial charge is 0.364 e. The number of benzene rings is 1. The standard InChI is InChI=1S/C15H14ClN3/c1-2-15(11-17,12-4-3-9-18-10-12)19-14-7-5-13(16)6-8-14/h3-10,19H,2H2,1H3. The Kier molecular flexibility index (Phi) is 4.03. The maximum absolute atomic E-state index is 9.58. The summed E-state index contributed by atoms with van der Waals surface area (Å²) in [6.45, 7) is 1.97. The van der Waals surface area contributed by atoms with E-state index in [9.17, 15) is 5.26 Å². The molecule has 19 heavy (non-hydrogen) atoms. The molecule has 0 aliphatic heterocycles. The van der Waals surface area contributed by atoms with Crippen LogP contribution in [0, 0.1) is 11.3 Å². The van der Waals surface area contributed by atoms with Crippen LogP contribution in [-0.2, 0) is 5.54 Å². The molecular weight excluding hydrogens is 258 g/mol. The molecule has 96 valence electrons. The van der Waals surface area contributed by atoms with Crippen molar-refractivity contribution in [2.75, 3.05) is 5.32 Å². The Morgan fingerprint density at radius 1 is 1.32 bits per heavy atom. The van der Waals surface area contributed by atoms with Gasteiger partial charge in [0.25, 0.3) is 0 Å². The zero-order chi connectivity index (χ0) is 13.7. The van der Waals surface area contributed by atoms with Crippen LogP contribution in [-0.4, -0.2) is 4.98 Å². The Morgan fingerprint density at radius 2 is 2.05 bits per heavy atom. The molecule has 4 heteroatoms. The van der Waals surface area contributed by atoms with E-state index in [0.717, 1.165) is 11.3 Å². The van der Waals surface area contributed by atoms with Gasteiger partial charge in [-0.1, -0.05) is 24.6 Å². The first-order chi connectivity index (χ1) is 9.20. The van der Waals surface area contributed by atoms with Crippen molar-refractivity contribution >= 4 is 17.3 Å². The van der Waals surface area contributed by atoms with Gasteiger partial charge in [-0.2, -0.15) is 5.26 Å². The minimum absolute atomic E-state index is 0.637. The number of hydrogen-bond donors (Lipinski definition) is 1. The summed E-state index contributed by atoms with van der Waals surface area (Å²) in [6.07, 6.45) is 4.05. The zero-order valence-corrected chi connectivity index (χ0v) is 11.4. The van der Waals surface area contributed by atoms with Crippen molar-refractivity contribution in [3.8, 4) is 6.07 Å². The highest BCUT2D eigenvalue weighted by Crippen LogP contribution is 2.29. The summed E-state index contributed by atoms with van der Waals surface area (Å²) in [5.41, 5.74) is 0.939. The lowest BCUT2D eigenvalue weighted by Crippen LogP contribution is -2.33. The summed E-state index contributed by atoms with van der Waals surface area (Å²) in [7, 11) is 0. The molecule has 0 saturated carbocycles. The topological polar surface area (TPSA) is 48.7 Å². The summed E-state index contributed by atoms with van der Waals surface area (Å²) in [5.74, 6) is 0. The van der Waals surface area contributed by atoms with Crippen molar-refractivity contribution < 1.29 is 0 Å². The minimum atomic E-state index is -0.776. The van der Waals surface area contributed by atoms with Gasteiger partial charge in [0.1, 0.15) is 0 Å². The second-order valence-corrected chi connectivity index (χ2v) is 4.68. The van der Waals surface area contributed by atoms with Gasteiger partial charge in [0.15, 0.2) is 5.54 Å². The van der Waals surface area contributed by atoms with Crippen LogP contribution < -0.4 is 5.32 Å². The fraction of sp³-hybridized carbons (Fsp3) is 0.200. The summed E-state index contributed by atoms with van der Waals surface area (Å²) < 4.78 is 0. The normalized spacial score (nSPS) is 13.3. The molecule has 0 aliphatic carbocycles. The average Bonchev–Trinajstić information content (AvgIpc) is 2.48. The van der Waals surface area contributed by atoms with E-state index in [2.05, 4.69) is 16.4 Å². The molecule has 1 aromatic carbocycles. The second-order valence-electron chi connectivity index (χ2n) is 4.24. The number of nitrogens with zero attached hydrogens (tertiary/aromatic N) is 2. The van der Waals surface area contributed by atoms with Crippen LogP contribution >= 0.6 is 11.6 Å². The molecule has 0 fully saturated rings. The molecule has 1 atom stereocenters. The molecule has 1 N–H and O–H groups in total. The number of rotatable bonds is 4. The maximum Gasteiger partial charge on any atom is 0.152 e. The number of pyridine rings is 1. The maximum atomic E-state index is 9.58. The van der Waals surface area contributed by atoms with E-state index in [1.165, 1.54) is 0 Å². The molecule has 0 bridgehead atoms. The Morgan fingerprint density at radius 3 is 2.58 bits per heavy atom. The fourth-order valence-electron chi connectivity index (χ4n) is 1.93. The molecule has 1 unspecified atom stereocenters. The third-order valence-corrected chi connectivity index (χ3v) is 3.33. The van der Waals surface area contributed by atoms with Gasteiger partial charge in [0.2, 0.25) is 0 Å². The number of aromatic nitrogens is 1. The Hall–Kier alpha value is -2.05. The van der Waals surface area contributed by atoms with Gasteiger partial charge >= 0.3 is 0 Å². The van der Waals surface area contributed by atoms with Gasteiger partial charge in [-0.3, -0.25) is 4.98 Å². The summed E-state index contributed by atoms with van der Waals surface area (Å²) in [5, 5.41) is 13.5. The van der Waals surface area contributed by atoms with Gasteiger partial charge in [-0.05, 0) is 36.8 Å². The molecule has 1 aromatic heterocycles. The molecule has 0 amide bonds. The Bertz CT molecular complexity index is 575. The molecule has 1 heterocycles. The number of nitriles is 1. The summed E-state index contributed by atoms with van der Waals surface area (Å²) in [6, 6.07) is 13.4. The molecule has 2 aromatic rings. The van der Waals surface area contributed by atoms with E-state index in [1.807, 2.05) is 31.2 Å². The van der Waals surface area contributed by atoms with Crippen molar-refractivity contribution in [3.05, 3.63) is 59.4 Å². The smallest absolute Gasteiger partial charge is 0.152 e. The quantitative estimate of drug-likeness (QED) is 0.915. The van der Waals surface area contributed by atoms with Gasteiger partial charge < -0.3 is 5.32 Å². The third-order valence-electron chi connectivity index (χ3n) is 3.08. The first-order valence-electron chi connectivity index (χ1n) is 6.06. The summed E-state index contributed by atoms with van der Waals surface area (Å²) in [4.78, 5) is 4.09. The van der Waals surface area contributed by atoms with Crippen molar-refractivity contribution in [1.29, 1.82) is 5.26 Å². The zero-order valence-electron chi connectivity index (χ0n) is 10.6. The number of hydrogen-bond acceptors (Lipinski definition) is 3. The fourth-order valence-corrected chi connectivity index (χ4v) is 2.06. The second kappa shape index (κ2) is 5.73. The minimum Gasteiger partial charge on any atom is -0.364 e. The van der Waals surface area contributed by atoms with Crippen LogP contribution in [0.3, 0.4) is 0 Å². The molecule has 2 rings (SSSR count). The van der Waals surface area contributed by atoms with Crippen molar-refractivity contribution in [2.45, 2.75) is 18.9 Å². The predicted molar refractivity (Wildman–Crippen MR) is 76.9 cm³/mol.